The second-order valence-electron chi connectivity index (χ2n) is 5.09. The van der Waals surface area contributed by atoms with Crippen LogP contribution in [0.25, 0.3) is 10.9 Å². The molecule has 1 N–H and O–H groups in total. The highest BCUT2D eigenvalue weighted by molar-refractivity contribution is 8.00. The summed E-state index contributed by atoms with van der Waals surface area (Å²) in [7, 11) is 1.90. The summed E-state index contributed by atoms with van der Waals surface area (Å²) >= 11 is 2.67. The van der Waals surface area contributed by atoms with Gasteiger partial charge in [-0.25, -0.2) is 0 Å². The Morgan fingerprint density at radius 3 is 3.00 bits per heavy atom. The van der Waals surface area contributed by atoms with Crippen LogP contribution in [0.1, 0.15) is 0 Å². The van der Waals surface area contributed by atoms with E-state index in [0.29, 0.717) is 13.2 Å². The zero-order valence-corrected chi connectivity index (χ0v) is 14.0. The van der Waals surface area contributed by atoms with Gasteiger partial charge in [0, 0.05) is 11.9 Å². The molecule has 4 rings (SSSR count). The number of aryl methyl sites for hydroxylation is 1. The molecule has 0 aliphatic carbocycles. The molecule has 2 aromatic carbocycles. The largest absolute Gasteiger partial charge is 0.486 e. The van der Waals surface area contributed by atoms with Crippen molar-refractivity contribution in [3.63, 3.8) is 0 Å². The molecule has 3 aromatic rings. The molecule has 0 radical (unpaired) electrons. The summed E-state index contributed by atoms with van der Waals surface area (Å²) in [6.07, 6.45) is 0. The molecule has 1 aliphatic heterocycles. The summed E-state index contributed by atoms with van der Waals surface area (Å²) in [5.74, 6) is 1.49. The summed E-state index contributed by atoms with van der Waals surface area (Å²) in [4.78, 5) is 12.9. The fraction of sp³-hybridized carbons (Fsp3) is 0.188. The van der Waals surface area contributed by atoms with Crippen LogP contribution in [-0.4, -0.2) is 17.2 Å². The van der Waals surface area contributed by atoms with Crippen molar-refractivity contribution in [2.75, 3.05) is 17.9 Å². The van der Waals surface area contributed by atoms with Gasteiger partial charge in [0.15, 0.2) is 11.5 Å². The molecule has 118 valence electrons. The summed E-state index contributed by atoms with van der Waals surface area (Å²) in [5.41, 5.74) is 1.82. The van der Waals surface area contributed by atoms with E-state index in [4.69, 9.17) is 9.47 Å². The fourth-order valence-corrected chi connectivity index (χ4v) is 3.98. The standard InChI is InChI=1S/C16H14N2O3S2/c1-18-13-6-5-10(9-11(13)16(19)23-18)22-17-12-3-2-4-14-15(12)21-8-7-20-14/h2-6,9,17H,7-8H2,1H3. The third kappa shape index (κ3) is 2.66. The molecular formula is C16H14N2O3S2. The van der Waals surface area contributed by atoms with E-state index in [9.17, 15) is 4.79 Å². The van der Waals surface area contributed by atoms with Crippen LogP contribution in [0.5, 0.6) is 11.5 Å². The quantitative estimate of drug-likeness (QED) is 0.736. The Morgan fingerprint density at radius 2 is 2.09 bits per heavy atom. The van der Waals surface area contributed by atoms with E-state index in [2.05, 4.69) is 4.72 Å². The second-order valence-corrected chi connectivity index (χ2v) is 7.07. The number of ether oxygens (including phenoxy) is 2. The zero-order valence-electron chi connectivity index (χ0n) is 12.4. The first-order chi connectivity index (χ1) is 11.2. The molecule has 0 spiro atoms. The normalized spacial score (nSPS) is 13.3. The van der Waals surface area contributed by atoms with Crippen molar-refractivity contribution in [3.05, 3.63) is 45.9 Å². The minimum absolute atomic E-state index is 0.0822. The van der Waals surface area contributed by atoms with Gasteiger partial charge in [-0.15, -0.1) is 0 Å². The van der Waals surface area contributed by atoms with Crippen LogP contribution < -0.4 is 18.9 Å². The lowest BCUT2D eigenvalue weighted by Crippen LogP contribution is -2.16. The Balaban J connectivity index is 1.60. The molecule has 5 nitrogen and oxygen atoms in total. The molecule has 0 atom stereocenters. The fourth-order valence-electron chi connectivity index (χ4n) is 2.51. The van der Waals surface area contributed by atoms with Gasteiger partial charge in [0.1, 0.15) is 13.2 Å². The number of nitrogens with zero attached hydrogens (tertiary/aromatic N) is 1. The van der Waals surface area contributed by atoms with E-state index >= 15 is 0 Å². The first-order valence-corrected chi connectivity index (χ1v) is 8.73. The Hall–Kier alpha value is -2.12. The lowest BCUT2D eigenvalue weighted by molar-refractivity contribution is 0.172. The van der Waals surface area contributed by atoms with Crippen molar-refractivity contribution >= 4 is 40.1 Å². The number of rotatable bonds is 3. The summed E-state index contributed by atoms with van der Waals surface area (Å²) in [5, 5.41) is 0.749. The predicted octanol–water partition coefficient (Wildman–Crippen LogP) is 3.49. The average Bonchev–Trinajstić information content (AvgIpc) is 2.87. The number of hydrogen-bond acceptors (Lipinski definition) is 6. The van der Waals surface area contributed by atoms with Gasteiger partial charge in [-0.2, -0.15) is 0 Å². The van der Waals surface area contributed by atoms with Gasteiger partial charge in [-0.3, -0.25) is 8.75 Å². The molecule has 1 aliphatic rings. The smallest absolute Gasteiger partial charge is 0.257 e. The molecule has 0 saturated carbocycles. The van der Waals surface area contributed by atoms with Crippen LogP contribution in [0, 0.1) is 0 Å². The van der Waals surface area contributed by atoms with Crippen molar-refractivity contribution in [2.45, 2.75) is 4.90 Å². The van der Waals surface area contributed by atoms with Gasteiger partial charge < -0.3 is 14.2 Å². The number of para-hydroxylation sites is 1. The Morgan fingerprint density at radius 1 is 1.22 bits per heavy atom. The molecule has 23 heavy (non-hydrogen) atoms. The zero-order chi connectivity index (χ0) is 15.8. The number of hydrogen-bond donors (Lipinski definition) is 1. The molecule has 0 amide bonds. The van der Waals surface area contributed by atoms with Crippen LogP contribution >= 0.6 is 23.5 Å². The van der Waals surface area contributed by atoms with Crippen molar-refractivity contribution in [2.24, 2.45) is 7.05 Å². The minimum Gasteiger partial charge on any atom is -0.486 e. The monoisotopic (exact) mass is 346 g/mol. The van der Waals surface area contributed by atoms with E-state index in [1.807, 2.05) is 47.4 Å². The highest BCUT2D eigenvalue weighted by Gasteiger charge is 2.15. The Kier molecular flexibility index (Phi) is 3.66. The van der Waals surface area contributed by atoms with E-state index in [-0.39, 0.29) is 4.74 Å². The molecule has 2 heterocycles. The molecule has 0 fully saturated rings. The summed E-state index contributed by atoms with van der Waals surface area (Å²) < 4.78 is 16.5. The topological polar surface area (TPSA) is 52.5 Å². The first kappa shape index (κ1) is 14.5. The van der Waals surface area contributed by atoms with Crippen LogP contribution in [-0.2, 0) is 7.05 Å². The van der Waals surface area contributed by atoms with Crippen molar-refractivity contribution in [1.29, 1.82) is 0 Å². The van der Waals surface area contributed by atoms with E-state index < -0.39 is 0 Å². The van der Waals surface area contributed by atoms with Crippen molar-refractivity contribution in [1.82, 2.24) is 3.96 Å². The lowest BCUT2D eigenvalue weighted by Gasteiger charge is -2.21. The third-order valence-electron chi connectivity index (χ3n) is 3.59. The number of benzene rings is 2. The van der Waals surface area contributed by atoms with E-state index in [1.165, 1.54) is 23.5 Å². The summed E-state index contributed by atoms with van der Waals surface area (Å²) in [6.45, 7) is 1.12. The highest BCUT2D eigenvalue weighted by atomic mass is 32.2. The number of nitrogens with one attached hydrogen (secondary N) is 1. The van der Waals surface area contributed by atoms with Gasteiger partial charge in [0.2, 0.25) is 0 Å². The Bertz CT molecular complexity index is 933. The van der Waals surface area contributed by atoms with Gasteiger partial charge >= 0.3 is 0 Å². The molecule has 7 heteroatoms. The molecule has 1 aromatic heterocycles. The Labute approximate surface area is 141 Å². The first-order valence-electron chi connectivity index (χ1n) is 7.14. The average molecular weight is 346 g/mol. The van der Waals surface area contributed by atoms with E-state index in [1.54, 1.807) is 0 Å². The van der Waals surface area contributed by atoms with Gasteiger partial charge in [-0.05, 0) is 53.8 Å². The predicted molar refractivity (Wildman–Crippen MR) is 94.0 cm³/mol. The van der Waals surface area contributed by atoms with Crippen molar-refractivity contribution < 1.29 is 9.47 Å². The number of anilines is 1. The highest BCUT2D eigenvalue weighted by Crippen LogP contribution is 2.39. The van der Waals surface area contributed by atoms with Crippen LogP contribution in [0.3, 0.4) is 0 Å². The lowest BCUT2D eigenvalue weighted by atomic mass is 10.2. The summed E-state index contributed by atoms with van der Waals surface area (Å²) in [6, 6.07) is 11.6. The minimum atomic E-state index is 0.0822. The van der Waals surface area contributed by atoms with Gasteiger partial charge in [0.25, 0.3) is 4.74 Å². The van der Waals surface area contributed by atoms with Gasteiger partial charge in [-0.1, -0.05) is 6.07 Å². The number of fused-ring (bicyclic) bond motifs is 2. The molecular weight excluding hydrogens is 332 g/mol. The van der Waals surface area contributed by atoms with Crippen LogP contribution in [0.4, 0.5) is 5.69 Å². The van der Waals surface area contributed by atoms with Crippen LogP contribution in [0.15, 0.2) is 46.1 Å². The van der Waals surface area contributed by atoms with Gasteiger partial charge in [0.05, 0.1) is 16.6 Å². The van der Waals surface area contributed by atoms with E-state index in [0.717, 1.165) is 33.0 Å². The maximum absolute atomic E-state index is 11.9. The molecule has 0 unspecified atom stereocenters. The molecule has 0 saturated heterocycles. The van der Waals surface area contributed by atoms with Crippen LogP contribution in [0.2, 0.25) is 0 Å². The molecule has 0 bridgehead atoms. The number of aromatic nitrogens is 1. The maximum Gasteiger partial charge on any atom is 0.257 e. The second kappa shape index (κ2) is 5.82. The SMILES string of the molecule is Cn1sc(=O)c2cc(SNc3cccc4c3OCCO4)ccc21. The third-order valence-corrected chi connectivity index (χ3v) is 5.26. The van der Waals surface area contributed by atoms with Crippen molar-refractivity contribution in [3.8, 4) is 11.5 Å². The maximum atomic E-state index is 11.9.